The normalized spacial score (nSPS) is 30.3. The van der Waals surface area contributed by atoms with E-state index in [1.165, 1.54) is 31.2 Å². The van der Waals surface area contributed by atoms with E-state index < -0.39 is 42.3 Å². The number of carbonyl (C=O) groups excluding carboxylic acids is 3. The van der Waals surface area contributed by atoms with Crippen molar-refractivity contribution in [1.29, 1.82) is 0 Å². The van der Waals surface area contributed by atoms with Gasteiger partial charge in [0.15, 0.2) is 6.10 Å². The minimum Gasteiger partial charge on any atom is -0.459 e. The summed E-state index contributed by atoms with van der Waals surface area (Å²) in [6.45, 7) is 4.48. The molecule has 1 rings (SSSR count). The minimum atomic E-state index is -1.11. The lowest BCUT2D eigenvalue weighted by Crippen LogP contribution is -2.35. The number of hydrogen-bond acceptors (Lipinski definition) is 7. The molecule has 0 spiro atoms. The Bertz CT molecular complexity index is 495. The summed E-state index contributed by atoms with van der Waals surface area (Å²) in [5, 5.41) is 10.1. The van der Waals surface area contributed by atoms with E-state index >= 15 is 0 Å². The lowest BCUT2D eigenvalue weighted by Gasteiger charge is -2.25. The van der Waals surface area contributed by atoms with Crippen molar-refractivity contribution in [2.45, 2.75) is 58.0 Å². The molecule has 0 saturated carbocycles. The fourth-order valence-corrected chi connectivity index (χ4v) is 2.05. The van der Waals surface area contributed by atoms with Crippen LogP contribution in [-0.2, 0) is 28.6 Å². The van der Waals surface area contributed by atoms with Crippen LogP contribution >= 0.6 is 0 Å². The summed E-state index contributed by atoms with van der Waals surface area (Å²) in [5.74, 6) is -1.67. The van der Waals surface area contributed by atoms with Crippen LogP contribution < -0.4 is 0 Å². The van der Waals surface area contributed by atoms with E-state index in [-0.39, 0.29) is 12.8 Å². The number of aliphatic hydroxyl groups excluding tert-OH is 1. The Morgan fingerprint density at radius 2 is 2.04 bits per heavy atom. The van der Waals surface area contributed by atoms with Gasteiger partial charge in [-0.3, -0.25) is 9.59 Å². The first kappa shape index (κ1) is 18.9. The Balaban J connectivity index is 2.93. The van der Waals surface area contributed by atoms with Crippen molar-refractivity contribution in [2.75, 3.05) is 0 Å². The van der Waals surface area contributed by atoms with Gasteiger partial charge in [-0.15, -0.1) is 0 Å². The van der Waals surface area contributed by atoms with Crippen LogP contribution in [0.15, 0.2) is 24.3 Å². The van der Waals surface area contributed by atoms with E-state index in [0.717, 1.165) is 0 Å². The third kappa shape index (κ3) is 6.65. The van der Waals surface area contributed by atoms with Crippen LogP contribution in [-0.4, -0.2) is 47.4 Å². The van der Waals surface area contributed by atoms with E-state index in [1.807, 2.05) is 0 Å². The van der Waals surface area contributed by atoms with Gasteiger partial charge in [-0.1, -0.05) is 12.2 Å². The molecular weight excluding hydrogens is 304 g/mol. The molecule has 0 fully saturated rings. The van der Waals surface area contributed by atoms with Gasteiger partial charge in [0.05, 0.1) is 0 Å². The molecule has 1 N–H and O–H groups in total. The van der Waals surface area contributed by atoms with Gasteiger partial charge in [0.25, 0.3) is 0 Å². The number of carbonyl (C=O) groups is 3. The third-order valence-corrected chi connectivity index (χ3v) is 3.16. The molecule has 0 aromatic heterocycles. The largest absolute Gasteiger partial charge is 0.459 e. The van der Waals surface area contributed by atoms with Crippen molar-refractivity contribution in [3.63, 3.8) is 0 Å². The Labute approximate surface area is 134 Å². The molecule has 7 nitrogen and oxygen atoms in total. The number of aliphatic hydroxyl groups is 1. The van der Waals surface area contributed by atoms with Gasteiger partial charge in [0.2, 0.25) is 0 Å². The third-order valence-electron chi connectivity index (χ3n) is 3.16. The van der Waals surface area contributed by atoms with Crippen LogP contribution in [0.5, 0.6) is 0 Å². The average Bonchev–Trinajstić information content (AvgIpc) is 2.46. The zero-order valence-corrected chi connectivity index (χ0v) is 13.4. The van der Waals surface area contributed by atoms with Gasteiger partial charge in [-0.2, -0.15) is 0 Å². The molecule has 0 amide bonds. The van der Waals surface area contributed by atoms with Gasteiger partial charge >= 0.3 is 17.9 Å². The molecule has 1 heterocycles. The second kappa shape index (κ2) is 9.09. The summed E-state index contributed by atoms with van der Waals surface area (Å²) in [6, 6.07) is 0. The SMILES string of the molecule is C/C=C/C(=O)OC1/C=C/C(O)C(OC(C)=O)CCC(=O)OC1C. The predicted octanol–water partition coefficient (Wildman–Crippen LogP) is 1.05. The van der Waals surface area contributed by atoms with E-state index in [0.29, 0.717) is 0 Å². The van der Waals surface area contributed by atoms with Crippen molar-refractivity contribution in [3.05, 3.63) is 24.3 Å². The molecule has 0 saturated heterocycles. The first-order chi connectivity index (χ1) is 10.8. The highest BCUT2D eigenvalue weighted by atomic mass is 16.6. The Kier molecular flexibility index (Phi) is 7.47. The fraction of sp³-hybridized carbons (Fsp3) is 0.562. The molecule has 1 aliphatic heterocycles. The lowest BCUT2D eigenvalue weighted by molar-refractivity contribution is -0.163. The molecule has 7 heteroatoms. The number of cyclic esters (lactones) is 1. The standard InChI is InChI=1S/C16H22O7/c1-4-5-15(19)23-13-7-6-12(18)14(22-11(3)17)8-9-16(20)21-10(13)2/h4-7,10,12-14,18H,8-9H2,1-3H3/b5-4+,7-6+. The van der Waals surface area contributed by atoms with E-state index in [1.54, 1.807) is 13.8 Å². The Morgan fingerprint density at radius 3 is 2.65 bits per heavy atom. The second-order valence-electron chi connectivity index (χ2n) is 5.16. The molecule has 23 heavy (non-hydrogen) atoms. The maximum Gasteiger partial charge on any atom is 0.331 e. The first-order valence-corrected chi connectivity index (χ1v) is 7.40. The topological polar surface area (TPSA) is 99.1 Å². The van der Waals surface area contributed by atoms with Gasteiger partial charge in [-0.25, -0.2) is 4.79 Å². The lowest BCUT2D eigenvalue weighted by atomic mass is 10.0. The summed E-state index contributed by atoms with van der Waals surface area (Å²) in [5.41, 5.74) is 0. The second-order valence-corrected chi connectivity index (χ2v) is 5.16. The molecular formula is C16H22O7. The number of allylic oxidation sites excluding steroid dienone is 1. The van der Waals surface area contributed by atoms with Crippen molar-refractivity contribution in [1.82, 2.24) is 0 Å². The van der Waals surface area contributed by atoms with Crippen molar-refractivity contribution < 1.29 is 33.7 Å². The fourth-order valence-electron chi connectivity index (χ4n) is 2.05. The zero-order chi connectivity index (χ0) is 17.4. The van der Waals surface area contributed by atoms with Crippen LogP contribution in [0.1, 0.15) is 33.6 Å². The maximum atomic E-state index is 11.8. The summed E-state index contributed by atoms with van der Waals surface area (Å²) < 4.78 is 15.4. The summed E-state index contributed by atoms with van der Waals surface area (Å²) in [7, 11) is 0. The Hall–Kier alpha value is -2.15. The van der Waals surface area contributed by atoms with Crippen molar-refractivity contribution in [3.8, 4) is 0 Å². The van der Waals surface area contributed by atoms with Crippen LogP contribution in [0, 0.1) is 0 Å². The predicted molar refractivity (Wildman–Crippen MR) is 80.2 cm³/mol. The minimum absolute atomic E-state index is 0.0251. The molecule has 0 bridgehead atoms. The maximum absolute atomic E-state index is 11.8. The number of rotatable bonds is 3. The van der Waals surface area contributed by atoms with E-state index in [9.17, 15) is 19.5 Å². The van der Waals surface area contributed by atoms with E-state index in [4.69, 9.17) is 14.2 Å². The molecule has 128 valence electrons. The van der Waals surface area contributed by atoms with Crippen LogP contribution in [0.3, 0.4) is 0 Å². The monoisotopic (exact) mass is 326 g/mol. The number of hydrogen-bond donors (Lipinski definition) is 1. The highest BCUT2D eigenvalue weighted by Gasteiger charge is 2.27. The number of esters is 3. The highest BCUT2D eigenvalue weighted by Crippen LogP contribution is 2.16. The molecule has 4 unspecified atom stereocenters. The number of ether oxygens (including phenoxy) is 3. The quantitative estimate of drug-likeness (QED) is 0.358. The highest BCUT2D eigenvalue weighted by molar-refractivity contribution is 5.82. The van der Waals surface area contributed by atoms with Gasteiger partial charge < -0.3 is 19.3 Å². The van der Waals surface area contributed by atoms with Gasteiger partial charge in [0.1, 0.15) is 18.3 Å². The molecule has 0 aromatic rings. The smallest absolute Gasteiger partial charge is 0.331 e. The average molecular weight is 326 g/mol. The Morgan fingerprint density at radius 1 is 1.35 bits per heavy atom. The first-order valence-electron chi connectivity index (χ1n) is 7.40. The van der Waals surface area contributed by atoms with Crippen LogP contribution in [0.4, 0.5) is 0 Å². The van der Waals surface area contributed by atoms with Gasteiger partial charge in [0, 0.05) is 19.4 Å². The molecule has 4 atom stereocenters. The molecule has 0 radical (unpaired) electrons. The zero-order valence-electron chi connectivity index (χ0n) is 13.4. The summed E-state index contributed by atoms with van der Waals surface area (Å²) in [4.78, 5) is 34.4. The molecule has 0 aliphatic carbocycles. The summed E-state index contributed by atoms with van der Waals surface area (Å²) >= 11 is 0. The van der Waals surface area contributed by atoms with Crippen LogP contribution in [0.2, 0.25) is 0 Å². The van der Waals surface area contributed by atoms with E-state index in [2.05, 4.69) is 0 Å². The van der Waals surface area contributed by atoms with Crippen molar-refractivity contribution in [2.24, 2.45) is 0 Å². The van der Waals surface area contributed by atoms with Gasteiger partial charge in [-0.05, 0) is 26.3 Å². The van der Waals surface area contributed by atoms with Crippen molar-refractivity contribution >= 4 is 17.9 Å². The molecule has 1 aliphatic rings. The summed E-state index contributed by atoms with van der Waals surface area (Å²) in [6.07, 6.45) is 2.13. The molecule has 0 aromatic carbocycles. The van der Waals surface area contributed by atoms with Crippen LogP contribution in [0.25, 0.3) is 0 Å².